The van der Waals surface area contributed by atoms with Gasteiger partial charge in [0.15, 0.2) is 17.0 Å². The third kappa shape index (κ3) is 3.77. The molecule has 0 aliphatic heterocycles. The van der Waals surface area contributed by atoms with E-state index in [-0.39, 0.29) is 5.82 Å². The molecular formula is C22H16BrN5O2. The molecule has 0 spiro atoms. The number of hydrogen-bond donors (Lipinski definition) is 0. The fraction of sp³-hybridized carbons (Fsp3) is 0.0455. The Labute approximate surface area is 180 Å². The van der Waals surface area contributed by atoms with Crippen molar-refractivity contribution in [3.8, 4) is 0 Å². The van der Waals surface area contributed by atoms with Gasteiger partial charge in [0, 0.05) is 15.6 Å². The van der Waals surface area contributed by atoms with Crippen LogP contribution in [-0.2, 0) is 6.54 Å². The van der Waals surface area contributed by atoms with Gasteiger partial charge in [0.2, 0.25) is 0 Å². The van der Waals surface area contributed by atoms with Crippen molar-refractivity contribution < 1.29 is 9.59 Å². The SMILES string of the molecule is C=C(Br)Cn1cnc2c(N(C(=O)c3ccccc3)C(=O)c3ccccc3)ncnc21. The molecule has 0 fully saturated rings. The molecule has 8 heteroatoms. The van der Waals surface area contributed by atoms with Crippen molar-refractivity contribution in [3.63, 3.8) is 0 Å². The summed E-state index contributed by atoms with van der Waals surface area (Å²) in [6.07, 6.45) is 2.89. The number of rotatable bonds is 5. The van der Waals surface area contributed by atoms with Crippen LogP contribution in [0.5, 0.6) is 0 Å². The third-order valence-electron chi connectivity index (χ3n) is 4.38. The highest BCUT2D eigenvalue weighted by Gasteiger charge is 2.30. The Morgan fingerprint density at radius 2 is 1.47 bits per heavy atom. The topological polar surface area (TPSA) is 81.0 Å². The van der Waals surface area contributed by atoms with E-state index in [9.17, 15) is 9.59 Å². The second-order valence-electron chi connectivity index (χ2n) is 6.44. The van der Waals surface area contributed by atoms with E-state index < -0.39 is 11.8 Å². The van der Waals surface area contributed by atoms with Gasteiger partial charge in [-0.1, -0.05) is 58.9 Å². The highest BCUT2D eigenvalue weighted by Crippen LogP contribution is 2.26. The summed E-state index contributed by atoms with van der Waals surface area (Å²) in [6, 6.07) is 17.2. The van der Waals surface area contributed by atoms with Gasteiger partial charge in [-0.25, -0.2) is 19.9 Å². The van der Waals surface area contributed by atoms with Crippen LogP contribution in [0.1, 0.15) is 20.7 Å². The number of carbonyl (C=O) groups is 2. The van der Waals surface area contributed by atoms with Crippen LogP contribution in [-0.4, -0.2) is 31.3 Å². The van der Waals surface area contributed by atoms with E-state index in [2.05, 4.69) is 37.5 Å². The van der Waals surface area contributed by atoms with Crippen LogP contribution >= 0.6 is 15.9 Å². The van der Waals surface area contributed by atoms with Gasteiger partial charge in [-0.2, -0.15) is 0 Å². The molecule has 2 heterocycles. The van der Waals surface area contributed by atoms with Crippen LogP contribution < -0.4 is 4.90 Å². The number of fused-ring (bicyclic) bond motifs is 1. The molecule has 2 aromatic carbocycles. The molecule has 0 unspecified atom stereocenters. The predicted octanol–water partition coefficient (Wildman–Crippen LogP) is 4.22. The number of benzene rings is 2. The summed E-state index contributed by atoms with van der Waals surface area (Å²) in [5.74, 6) is -0.866. The van der Waals surface area contributed by atoms with Crippen LogP contribution in [0, 0.1) is 0 Å². The summed E-state index contributed by atoms with van der Waals surface area (Å²) < 4.78 is 2.50. The average Bonchev–Trinajstić information content (AvgIpc) is 3.18. The summed E-state index contributed by atoms with van der Waals surface area (Å²) in [6.45, 7) is 4.27. The number of halogens is 1. The first-order valence-corrected chi connectivity index (χ1v) is 9.83. The molecule has 0 aliphatic rings. The molecule has 0 atom stereocenters. The summed E-state index contributed by atoms with van der Waals surface area (Å²) in [5, 5.41) is 0. The number of imidazole rings is 1. The molecule has 148 valence electrons. The molecule has 2 aromatic heterocycles. The highest BCUT2D eigenvalue weighted by molar-refractivity contribution is 9.11. The lowest BCUT2D eigenvalue weighted by atomic mass is 10.1. The molecular weight excluding hydrogens is 446 g/mol. The van der Waals surface area contributed by atoms with Gasteiger partial charge in [-0.05, 0) is 24.3 Å². The van der Waals surface area contributed by atoms with E-state index in [1.165, 1.54) is 6.33 Å². The Kier molecular flexibility index (Phi) is 5.49. The molecule has 4 rings (SSSR count). The number of imide groups is 1. The van der Waals surface area contributed by atoms with Gasteiger partial charge in [0.1, 0.15) is 6.33 Å². The number of anilines is 1. The molecule has 0 N–H and O–H groups in total. The molecule has 2 amide bonds. The van der Waals surface area contributed by atoms with Crippen molar-refractivity contribution >= 4 is 44.7 Å². The minimum absolute atomic E-state index is 0.127. The summed E-state index contributed by atoms with van der Waals surface area (Å²) in [5.41, 5.74) is 1.57. The Morgan fingerprint density at radius 1 is 0.900 bits per heavy atom. The van der Waals surface area contributed by atoms with Crippen molar-refractivity contribution in [3.05, 3.63) is 95.5 Å². The number of allylic oxidation sites excluding steroid dienone is 1. The Balaban J connectivity index is 1.88. The normalized spacial score (nSPS) is 10.7. The first-order valence-electron chi connectivity index (χ1n) is 9.04. The zero-order chi connectivity index (χ0) is 21.1. The highest BCUT2D eigenvalue weighted by atomic mass is 79.9. The van der Waals surface area contributed by atoms with Crippen molar-refractivity contribution in [2.45, 2.75) is 6.54 Å². The van der Waals surface area contributed by atoms with Gasteiger partial charge in [0.25, 0.3) is 11.8 Å². The lowest BCUT2D eigenvalue weighted by molar-refractivity contribution is 0.0897. The smallest absolute Gasteiger partial charge is 0.266 e. The molecule has 0 bridgehead atoms. The van der Waals surface area contributed by atoms with E-state index in [4.69, 9.17) is 0 Å². The monoisotopic (exact) mass is 461 g/mol. The van der Waals surface area contributed by atoms with Crippen LogP contribution in [0.15, 0.2) is 84.4 Å². The molecule has 0 saturated carbocycles. The summed E-state index contributed by atoms with van der Waals surface area (Å²) >= 11 is 3.33. The van der Waals surface area contributed by atoms with Crippen molar-refractivity contribution in [1.29, 1.82) is 0 Å². The van der Waals surface area contributed by atoms with Crippen LogP contribution in [0.4, 0.5) is 5.82 Å². The second-order valence-corrected chi connectivity index (χ2v) is 7.56. The molecule has 7 nitrogen and oxygen atoms in total. The lowest BCUT2D eigenvalue weighted by Gasteiger charge is -2.20. The standard InChI is InChI=1S/C22H16BrN5O2/c1-15(23)12-27-14-26-18-19(27)24-13-25-20(18)28(21(29)16-8-4-2-5-9-16)22(30)17-10-6-3-7-11-17/h2-11,13-14H,1,12H2. The van der Waals surface area contributed by atoms with Crippen LogP contribution in [0.3, 0.4) is 0 Å². The fourth-order valence-electron chi connectivity index (χ4n) is 3.04. The maximum Gasteiger partial charge on any atom is 0.266 e. The minimum Gasteiger partial charge on any atom is -0.310 e. The Bertz CT molecular complexity index is 1190. The fourth-order valence-corrected chi connectivity index (χ4v) is 3.31. The van der Waals surface area contributed by atoms with Gasteiger partial charge in [-0.3, -0.25) is 9.59 Å². The molecule has 0 aliphatic carbocycles. The number of hydrogen-bond acceptors (Lipinski definition) is 5. The molecule has 0 radical (unpaired) electrons. The van der Waals surface area contributed by atoms with Crippen LogP contribution in [0.2, 0.25) is 0 Å². The number of amides is 2. The van der Waals surface area contributed by atoms with Crippen LogP contribution in [0.25, 0.3) is 11.2 Å². The zero-order valence-electron chi connectivity index (χ0n) is 15.8. The number of nitrogens with zero attached hydrogens (tertiary/aromatic N) is 5. The van der Waals surface area contributed by atoms with E-state index in [1.807, 2.05) is 0 Å². The van der Waals surface area contributed by atoms with E-state index in [1.54, 1.807) is 71.6 Å². The molecule has 0 saturated heterocycles. The van der Waals surface area contributed by atoms with Crippen molar-refractivity contribution in [2.24, 2.45) is 0 Å². The predicted molar refractivity (Wildman–Crippen MR) is 117 cm³/mol. The summed E-state index contributed by atoms with van der Waals surface area (Å²) in [4.78, 5) is 40.7. The van der Waals surface area contributed by atoms with Crippen molar-refractivity contribution in [1.82, 2.24) is 19.5 Å². The van der Waals surface area contributed by atoms with Gasteiger partial charge in [0.05, 0.1) is 12.9 Å². The van der Waals surface area contributed by atoms with Gasteiger partial charge < -0.3 is 4.57 Å². The first kappa shape index (κ1) is 19.7. The third-order valence-corrected chi connectivity index (χ3v) is 4.63. The van der Waals surface area contributed by atoms with Crippen molar-refractivity contribution in [2.75, 3.05) is 4.90 Å². The van der Waals surface area contributed by atoms with Gasteiger partial charge >= 0.3 is 0 Å². The molecule has 4 aromatic rings. The largest absolute Gasteiger partial charge is 0.310 e. The number of aromatic nitrogens is 4. The Hall–Kier alpha value is -3.65. The molecule has 30 heavy (non-hydrogen) atoms. The van der Waals surface area contributed by atoms with E-state index in [0.29, 0.717) is 28.8 Å². The quantitative estimate of drug-likeness (QED) is 0.415. The number of carbonyl (C=O) groups excluding carboxylic acids is 2. The average molecular weight is 462 g/mol. The maximum absolute atomic E-state index is 13.4. The first-order chi connectivity index (χ1) is 14.6. The van der Waals surface area contributed by atoms with Gasteiger partial charge in [-0.15, -0.1) is 0 Å². The Morgan fingerprint density at radius 3 is 2.00 bits per heavy atom. The second kappa shape index (κ2) is 8.38. The van der Waals surface area contributed by atoms with E-state index >= 15 is 0 Å². The zero-order valence-corrected chi connectivity index (χ0v) is 17.4. The minimum atomic E-state index is -0.496. The van der Waals surface area contributed by atoms with E-state index in [0.717, 1.165) is 9.38 Å². The lowest BCUT2D eigenvalue weighted by Crippen LogP contribution is -2.38. The maximum atomic E-state index is 13.4. The summed E-state index contributed by atoms with van der Waals surface area (Å²) in [7, 11) is 0.